The fraction of sp³-hybridized carbons (Fsp3) is 0.143. The van der Waals surface area contributed by atoms with Crippen LogP contribution in [0, 0.1) is 19.7 Å². The molecule has 3 rings (SSSR count). The minimum Gasteiger partial charge on any atom is -0.294 e. The maximum Gasteiger partial charge on any atom is 0.313 e. The molecule has 0 aliphatic carbocycles. The Bertz CT molecular complexity index is 1130. The maximum atomic E-state index is 13.5. The molecule has 0 saturated carbocycles. The Labute approximate surface area is 160 Å². The minimum atomic E-state index is -0.629. The summed E-state index contributed by atoms with van der Waals surface area (Å²) in [6.45, 7) is 3.43. The molecular formula is C21H18ClFN2O2. The lowest BCUT2D eigenvalue weighted by Crippen LogP contribution is -2.37. The van der Waals surface area contributed by atoms with E-state index in [1.807, 2.05) is 18.2 Å². The van der Waals surface area contributed by atoms with E-state index in [9.17, 15) is 14.0 Å². The van der Waals surface area contributed by atoms with Crippen molar-refractivity contribution in [2.24, 2.45) is 0 Å². The lowest BCUT2D eigenvalue weighted by Gasteiger charge is -2.11. The Kier molecular flexibility index (Phi) is 5.42. The number of H-pyrrole nitrogens is 1. The number of aromatic nitrogens is 2. The fourth-order valence-electron chi connectivity index (χ4n) is 2.74. The molecule has 2 aromatic carbocycles. The second-order valence-corrected chi connectivity index (χ2v) is 6.71. The van der Waals surface area contributed by atoms with Gasteiger partial charge in [-0.3, -0.25) is 14.7 Å². The van der Waals surface area contributed by atoms with Gasteiger partial charge in [-0.1, -0.05) is 35.9 Å². The van der Waals surface area contributed by atoms with Crippen molar-refractivity contribution in [3.05, 3.63) is 96.6 Å². The third kappa shape index (κ3) is 4.09. The third-order valence-corrected chi connectivity index (χ3v) is 4.57. The number of nitrogens with one attached hydrogen (secondary N) is 1. The SMILES string of the molecule is Cc1cc(-c2[nH]n(CC=Cc3ccc(Cl)cc3)c(=O)c(=O)c2C)ccc1F. The zero-order valence-corrected chi connectivity index (χ0v) is 15.7. The average molecular weight is 385 g/mol. The van der Waals surface area contributed by atoms with Gasteiger partial charge in [0.15, 0.2) is 0 Å². The number of aryl methyl sites for hydroxylation is 1. The van der Waals surface area contributed by atoms with E-state index in [1.54, 1.807) is 44.2 Å². The van der Waals surface area contributed by atoms with E-state index in [0.29, 0.717) is 27.4 Å². The van der Waals surface area contributed by atoms with E-state index in [-0.39, 0.29) is 12.4 Å². The summed E-state index contributed by atoms with van der Waals surface area (Å²) in [5.41, 5.74) is 1.65. The zero-order valence-electron chi connectivity index (χ0n) is 14.9. The number of benzene rings is 2. The molecule has 0 aliphatic rings. The van der Waals surface area contributed by atoms with Gasteiger partial charge in [0, 0.05) is 16.1 Å². The van der Waals surface area contributed by atoms with Crippen LogP contribution in [0.4, 0.5) is 4.39 Å². The molecule has 0 bridgehead atoms. The topological polar surface area (TPSA) is 54.9 Å². The number of hydrogen-bond donors (Lipinski definition) is 1. The first kappa shape index (κ1) is 18.9. The first-order valence-corrected chi connectivity index (χ1v) is 8.77. The summed E-state index contributed by atoms with van der Waals surface area (Å²) in [6.07, 6.45) is 3.61. The molecule has 0 fully saturated rings. The van der Waals surface area contributed by atoms with E-state index < -0.39 is 11.0 Å². The van der Waals surface area contributed by atoms with Crippen LogP contribution in [0.15, 0.2) is 58.1 Å². The predicted molar refractivity (Wildman–Crippen MR) is 107 cm³/mol. The van der Waals surface area contributed by atoms with Crippen LogP contribution in [0.3, 0.4) is 0 Å². The van der Waals surface area contributed by atoms with Crippen molar-refractivity contribution in [3.63, 3.8) is 0 Å². The summed E-state index contributed by atoms with van der Waals surface area (Å²) in [7, 11) is 0. The monoisotopic (exact) mass is 384 g/mol. The summed E-state index contributed by atoms with van der Waals surface area (Å²) in [4.78, 5) is 24.6. The molecular weight excluding hydrogens is 367 g/mol. The van der Waals surface area contributed by atoms with Gasteiger partial charge in [-0.2, -0.15) is 0 Å². The maximum absolute atomic E-state index is 13.5. The van der Waals surface area contributed by atoms with E-state index in [2.05, 4.69) is 5.10 Å². The van der Waals surface area contributed by atoms with Crippen molar-refractivity contribution in [3.8, 4) is 11.3 Å². The number of aromatic amines is 1. The highest BCUT2D eigenvalue weighted by atomic mass is 35.5. The van der Waals surface area contributed by atoms with Gasteiger partial charge >= 0.3 is 5.56 Å². The normalized spacial score (nSPS) is 11.3. The first-order chi connectivity index (χ1) is 12.9. The molecule has 0 radical (unpaired) electrons. The Morgan fingerprint density at radius 3 is 2.48 bits per heavy atom. The molecule has 1 aromatic heterocycles. The molecule has 0 unspecified atom stereocenters. The van der Waals surface area contributed by atoms with Gasteiger partial charge in [0.05, 0.1) is 12.2 Å². The summed E-state index contributed by atoms with van der Waals surface area (Å²) in [5.74, 6) is -0.321. The molecule has 1 N–H and O–H groups in total. The van der Waals surface area contributed by atoms with Crippen molar-refractivity contribution in [1.82, 2.24) is 9.78 Å². The molecule has 1 heterocycles. The molecule has 0 aliphatic heterocycles. The molecule has 6 heteroatoms. The van der Waals surface area contributed by atoms with E-state index in [1.165, 1.54) is 10.7 Å². The molecule has 0 amide bonds. The molecule has 0 atom stereocenters. The smallest absolute Gasteiger partial charge is 0.294 e. The van der Waals surface area contributed by atoms with Gasteiger partial charge in [-0.25, -0.2) is 9.07 Å². The molecule has 0 spiro atoms. The minimum absolute atomic E-state index is 0.199. The van der Waals surface area contributed by atoms with E-state index in [4.69, 9.17) is 11.6 Å². The summed E-state index contributed by atoms with van der Waals surface area (Å²) >= 11 is 5.86. The van der Waals surface area contributed by atoms with Crippen LogP contribution in [-0.2, 0) is 6.54 Å². The number of halogens is 2. The summed E-state index contributed by atoms with van der Waals surface area (Å²) in [5, 5.41) is 3.63. The summed E-state index contributed by atoms with van der Waals surface area (Å²) in [6, 6.07) is 11.8. The van der Waals surface area contributed by atoms with Crippen molar-refractivity contribution in [2.75, 3.05) is 0 Å². The number of rotatable bonds is 4. The number of nitrogens with zero attached hydrogens (tertiary/aromatic N) is 1. The Morgan fingerprint density at radius 2 is 1.81 bits per heavy atom. The van der Waals surface area contributed by atoms with E-state index >= 15 is 0 Å². The van der Waals surface area contributed by atoms with Gasteiger partial charge in [-0.15, -0.1) is 0 Å². The number of allylic oxidation sites excluding steroid dienone is 1. The first-order valence-electron chi connectivity index (χ1n) is 8.39. The van der Waals surface area contributed by atoms with Gasteiger partial charge in [0.1, 0.15) is 5.82 Å². The molecule has 138 valence electrons. The highest BCUT2D eigenvalue weighted by Crippen LogP contribution is 2.21. The van der Waals surface area contributed by atoms with Crippen LogP contribution < -0.4 is 11.0 Å². The lowest BCUT2D eigenvalue weighted by atomic mass is 10.0. The predicted octanol–water partition coefficient (Wildman–Crippen LogP) is 4.33. The molecule has 3 aromatic rings. The van der Waals surface area contributed by atoms with Crippen LogP contribution >= 0.6 is 11.6 Å². The molecule has 4 nitrogen and oxygen atoms in total. The van der Waals surface area contributed by atoms with Gasteiger partial charge in [0.25, 0.3) is 0 Å². The highest BCUT2D eigenvalue weighted by Gasteiger charge is 2.12. The molecule has 27 heavy (non-hydrogen) atoms. The van der Waals surface area contributed by atoms with Crippen LogP contribution in [0.25, 0.3) is 17.3 Å². The number of hydrogen-bond acceptors (Lipinski definition) is 2. The van der Waals surface area contributed by atoms with Crippen LogP contribution in [-0.4, -0.2) is 9.78 Å². The standard InChI is InChI=1S/C21H18ClFN2O2/c1-13-12-16(7-10-18(13)23)19-14(2)20(26)21(27)25(24-19)11-3-4-15-5-8-17(22)9-6-15/h3-10,12,24H,11H2,1-2H3. The highest BCUT2D eigenvalue weighted by molar-refractivity contribution is 6.30. The zero-order chi connectivity index (χ0) is 19.6. The van der Waals surface area contributed by atoms with Crippen molar-refractivity contribution in [2.45, 2.75) is 20.4 Å². The summed E-state index contributed by atoms with van der Waals surface area (Å²) < 4.78 is 14.8. The Hall–Kier alpha value is -2.92. The van der Waals surface area contributed by atoms with Crippen molar-refractivity contribution in [1.29, 1.82) is 0 Å². The fourth-order valence-corrected chi connectivity index (χ4v) is 2.87. The molecule has 0 saturated heterocycles. The third-order valence-electron chi connectivity index (χ3n) is 4.32. The van der Waals surface area contributed by atoms with Crippen LogP contribution in [0.1, 0.15) is 16.7 Å². The largest absolute Gasteiger partial charge is 0.313 e. The van der Waals surface area contributed by atoms with Crippen LogP contribution in [0.5, 0.6) is 0 Å². The Balaban J connectivity index is 1.97. The lowest BCUT2D eigenvalue weighted by molar-refractivity contribution is 0.618. The van der Waals surface area contributed by atoms with Gasteiger partial charge < -0.3 is 0 Å². The van der Waals surface area contributed by atoms with Crippen molar-refractivity contribution >= 4 is 17.7 Å². The van der Waals surface area contributed by atoms with Crippen molar-refractivity contribution < 1.29 is 4.39 Å². The Morgan fingerprint density at radius 1 is 1.11 bits per heavy atom. The second-order valence-electron chi connectivity index (χ2n) is 6.27. The van der Waals surface area contributed by atoms with Crippen LogP contribution in [0.2, 0.25) is 5.02 Å². The average Bonchev–Trinajstić information content (AvgIpc) is 2.65. The second kappa shape index (κ2) is 7.76. The van der Waals surface area contributed by atoms with Gasteiger partial charge in [0.2, 0.25) is 5.43 Å². The van der Waals surface area contributed by atoms with Gasteiger partial charge in [-0.05, 0) is 55.3 Å². The quantitative estimate of drug-likeness (QED) is 0.681. The van der Waals surface area contributed by atoms with E-state index in [0.717, 1.165) is 5.56 Å².